The van der Waals surface area contributed by atoms with Gasteiger partial charge in [-0.1, -0.05) is 0 Å². The zero-order valence-electron chi connectivity index (χ0n) is 11.4. The largest absolute Gasteiger partial charge is 0.478 e. The van der Waals surface area contributed by atoms with E-state index in [0.29, 0.717) is 10.4 Å². The highest BCUT2D eigenvalue weighted by atomic mass is 32.3. The van der Waals surface area contributed by atoms with E-state index in [9.17, 15) is 21.6 Å². The van der Waals surface area contributed by atoms with Crippen molar-refractivity contribution < 1.29 is 26.7 Å². The van der Waals surface area contributed by atoms with Gasteiger partial charge in [-0.15, -0.1) is 11.3 Å². The molecule has 0 bridgehead atoms. The molecule has 0 saturated heterocycles. The predicted molar refractivity (Wildman–Crippen MR) is 81.1 cm³/mol. The number of carbonyl (C=O) groups is 1. The lowest BCUT2D eigenvalue weighted by atomic mass is 10.3. The zero-order chi connectivity index (χ0) is 16.3. The Bertz CT molecular complexity index is 745. The molecular weight excluding hydrogens is 338 g/mol. The zero-order valence-corrected chi connectivity index (χ0v) is 13.8. The van der Waals surface area contributed by atoms with Gasteiger partial charge in [0.25, 0.3) is 0 Å². The normalized spacial score (nSPS) is 13.1. The maximum atomic E-state index is 11.8. The second-order valence-corrected chi connectivity index (χ2v) is 10.0. The molecule has 1 aromatic heterocycles. The fraction of sp³-hybridized carbons (Fsp3) is 0.364. The second-order valence-electron chi connectivity index (χ2n) is 4.43. The Kier molecular flexibility index (Phi) is 5.68. The molecule has 1 aromatic rings. The van der Waals surface area contributed by atoms with Crippen LogP contribution in [0.2, 0.25) is 0 Å². The first kappa shape index (κ1) is 17.8. The number of carboxylic acids is 1. The summed E-state index contributed by atoms with van der Waals surface area (Å²) in [7, 11) is -6.23. The quantitative estimate of drug-likeness (QED) is 0.719. The Morgan fingerprint density at radius 1 is 1.38 bits per heavy atom. The third-order valence-electron chi connectivity index (χ3n) is 2.31. The predicted octanol–water partition coefficient (Wildman–Crippen LogP) is 0.610. The third-order valence-corrected chi connectivity index (χ3v) is 7.23. The molecule has 10 heteroatoms. The number of sulfonamides is 1. The van der Waals surface area contributed by atoms with Gasteiger partial charge >= 0.3 is 5.97 Å². The van der Waals surface area contributed by atoms with Gasteiger partial charge in [-0.05, 0) is 23.1 Å². The molecule has 1 rings (SSSR count). The number of hydrogen-bond acceptors (Lipinski definition) is 6. The molecule has 0 unspecified atom stereocenters. The van der Waals surface area contributed by atoms with E-state index in [2.05, 4.69) is 0 Å². The van der Waals surface area contributed by atoms with Crippen LogP contribution in [0, 0.1) is 0 Å². The van der Waals surface area contributed by atoms with Crippen LogP contribution in [0.1, 0.15) is 10.4 Å². The maximum absolute atomic E-state index is 11.8. The number of hydrogen-bond donors (Lipinski definition) is 1. The van der Waals surface area contributed by atoms with Crippen LogP contribution in [0.3, 0.4) is 0 Å². The van der Waals surface area contributed by atoms with E-state index in [1.165, 1.54) is 24.5 Å². The van der Waals surface area contributed by atoms with Gasteiger partial charge in [0.2, 0.25) is 10.0 Å². The van der Waals surface area contributed by atoms with Crippen molar-refractivity contribution >= 4 is 43.2 Å². The topological polar surface area (TPSA) is 109 Å². The molecule has 0 aliphatic carbocycles. The fourth-order valence-electron chi connectivity index (χ4n) is 1.41. The Labute approximate surface area is 127 Å². The lowest BCUT2D eigenvalue weighted by molar-refractivity contribution is -0.131. The molecule has 0 amide bonds. The third kappa shape index (κ3) is 6.38. The van der Waals surface area contributed by atoms with Crippen LogP contribution < -0.4 is 0 Å². The molecule has 0 spiro atoms. The van der Waals surface area contributed by atoms with Crippen molar-refractivity contribution in [2.75, 3.05) is 18.4 Å². The van der Waals surface area contributed by atoms with Crippen molar-refractivity contribution in [2.24, 2.45) is 0 Å². The van der Waals surface area contributed by atoms with Gasteiger partial charge in [-0.2, -0.15) is 4.31 Å². The lowest BCUT2D eigenvalue weighted by Crippen LogP contribution is -2.31. The Morgan fingerprint density at radius 3 is 2.52 bits per heavy atom. The summed E-state index contributed by atoms with van der Waals surface area (Å²) in [4.78, 5) is 11.1. The highest BCUT2D eigenvalue weighted by Crippen LogP contribution is 2.19. The first-order valence-electron chi connectivity index (χ1n) is 5.60. The smallest absolute Gasteiger partial charge is 0.328 e. The summed E-state index contributed by atoms with van der Waals surface area (Å²) in [5, 5.41) is 9.26. The van der Waals surface area contributed by atoms with Crippen LogP contribution in [0.15, 0.2) is 17.5 Å². The van der Waals surface area contributed by atoms with E-state index < -0.39 is 30.9 Å². The highest BCUT2D eigenvalue weighted by Gasteiger charge is 2.23. The average molecular weight is 353 g/mol. The van der Waals surface area contributed by atoms with Gasteiger partial charge in [0.1, 0.15) is 0 Å². The number of carboxylic acid groups (broad SMARTS) is 1. The van der Waals surface area contributed by atoms with Crippen molar-refractivity contribution in [3.8, 4) is 0 Å². The summed E-state index contributed by atoms with van der Waals surface area (Å²) in [6, 6.07) is 1.65. The van der Waals surface area contributed by atoms with Crippen LogP contribution in [-0.2, 0) is 31.2 Å². The Balaban J connectivity index is 2.80. The molecule has 118 valence electrons. The van der Waals surface area contributed by atoms with Gasteiger partial charge in [0, 0.05) is 30.8 Å². The van der Waals surface area contributed by atoms with Crippen molar-refractivity contribution in [3.63, 3.8) is 0 Å². The van der Waals surface area contributed by atoms with Crippen molar-refractivity contribution in [1.29, 1.82) is 0 Å². The molecular formula is C11H15NO6S3. The van der Waals surface area contributed by atoms with Gasteiger partial charge in [0.15, 0.2) is 14.9 Å². The van der Waals surface area contributed by atoms with Crippen molar-refractivity contribution in [1.82, 2.24) is 4.31 Å². The van der Waals surface area contributed by atoms with Gasteiger partial charge in [0.05, 0.1) is 0 Å². The molecule has 1 heterocycles. The monoisotopic (exact) mass is 353 g/mol. The number of aliphatic carboxylic acids is 1. The molecule has 0 saturated carbocycles. The second kappa shape index (κ2) is 6.69. The summed E-state index contributed by atoms with van der Waals surface area (Å²) in [5.41, 5.74) is 0.645. The summed E-state index contributed by atoms with van der Waals surface area (Å²) in [6.07, 6.45) is 3.24. The Morgan fingerprint density at radius 2 is 2.00 bits per heavy atom. The minimum absolute atomic E-state index is 0.0312. The summed E-state index contributed by atoms with van der Waals surface area (Å²) >= 11 is 1.26. The van der Waals surface area contributed by atoms with E-state index in [1.54, 1.807) is 11.4 Å². The molecule has 0 aromatic carbocycles. The molecule has 1 N–H and O–H groups in total. The van der Waals surface area contributed by atoms with Gasteiger partial charge < -0.3 is 5.11 Å². The standard InChI is InChI=1S/C11H15NO6S3/c1-12(21(17,18)8-20(2,15)16)6-10-5-9(7-19-10)3-4-11(13)14/h3-5,7H,6,8H2,1-2H3,(H,13,14)/b4-3+. The summed E-state index contributed by atoms with van der Waals surface area (Å²) < 4.78 is 46.8. The van der Waals surface area contributed by atoms with Crippen LogP contribution in [0.5, 0.6) is 0 Å². The maximum Gasteiger partial charge on any atom is 0.328 e. The average Bonchev–Trinajstić information content (AvgIpc) is 2.70. The first-order valence-corrected chi connectivity index (χ1v) is 10.1. The molecule has 21 heavy (non-hydrogen) atoms. The highest BCUT2D eigenvalue weighted by molar-refractivity contribution is 8.06. The van der Waals surface area contributed by atoms with Crippen LogP contribution >= 0.6 is 11.3 Å². The van der Waals surface area contributed by atoms with E-state index in [4.69, 9.17) is 5.11 Å². The van der Waals surface area contributed by atoms with Crippen LogP contribution in [0.4, 0.5) is 0 Å². The van der Waals surface area contributed by atoms with E-state index >= 15 is 0 Å². The molecule has 0 aliphatic rings. The van der Waals surface area contributed by atoms with Crippen LogP contribution in [-0.4, -0.2) is 50.6 Å². The molecule has 0 radical (unpaired) electrons. The SMILES string of the molecule is CN(Cc1cc(/C=C/C(=O)O)cs1)S(=O)(=O)CS(C)(=O)=O. The first-order chi connectivity index (χ1) is 9.49. The molecule has 0 fully saturated rings. The molecule has 7 nitrogen and oxygen atoms in total. The summed E-state index contributed by atoms with van der Waals surface area (Å²) in [5.74, 6) is -1.07. The molecule has 0 aliphatic heterocycles. The lowest BCUT2D eigenvalue weighted by Gasteiger charge is -2.15. The van der Waals surface area contributed by atoms with E-state index in [-0.39, 0.29) is 6.54 Å². The van der Waals surface area contributed by atoms with Gasteiger partial charge in [-0.3, -0.25) is 0 Å². The Hall–Kier alpha value is -1.23. The van der Waals surface area contributed by atoms with Crippen molar-refractivity contribution in [2.45, 2.75) is 6.54 Å². The van der Waals surface area contributed by atoms with Gasteiger partial charge in [-0.25, -0.2) is 21.6 Å². The van der Waals surface area contributed by atoms with Crippen LogP contribution in [0.25, 0.3) is 6.08 Å². The minimum Gasteiger partial charge on any atom is -0.478 e. The van der Waals surface area contributed by atoms with E-state index in [1.807, 2.05) is 0 Å². The number of sulfone groups is 1. The number of rotatable bonds is 7. The number of thiophene rings is 1. The number of nitrogens with zero attached hydrogens (tertiary/aromatic N) is 1. The van der Waals surface area contributed by atoms with E-state index in [0.717, 1.165) is 16.6 Å². The fourth-order valence-corrected chi connectivity index (χ4v) is 5.62. The minimum atomic E-state index is -3.89. The summed E-state index contributed by atoms with van der Waals surface area (Å²) in [6.45, 7) is 0.0312. The molecule has 0 atom stereocenters. The van der Waals surface area contributed by atoms with Crippen molar-refractivity contribution in [3.05, 3.63) is 28.0 Å².